The van der Waals surface area contributed by atoms with Crippen LogP contribution in [0.15, 0.2) is 41.7 Å². The van der Waals surface area contributed by atoms with Gasteiger partial charge in [0.05, 0.1) is 4.92 Å². The quantitative estimate of drug-likeness (QED) is 0.464. The molecule has 0 saturated heterocycles. The van der Waals surface area contributed by atoms with E-state index in [1.807, 2.05) is 0 Å². The van der Waals surface area contributed by atoms with Gasteiger partial charge in [-0.1, -0.05) is 25.1 Å². The molecule has 0 heterocycles. The van der Waals surface area contributed by atoms with Gasteiger partial charge in [0, 0.05) is 5.69 Å². The van der Waals surface area contributed by atoms with E-state index < -0.39 is 16.6 Å². The minimum atomic E-state index is -1.55. The summed E-state index contributed by atoms with van der Waals surface area (Å²) < 4.78 is 0. The maximum Gasteiger partial charge on any atom is 0.409 e. The molecule has 0 unspecified atom stereocenters. The van der Waals surface area contributed by atoms with Gasteiger partial charge in [0.1, 0.15) is 5.70 Å². The minimum Gasteiger partial charge on any atom is -0.473 e. The third-order valence-corrected chi connectivity index (χ3v) is 2.09. The molecule has 0 atom stereocenters. The van der Waals surface area contributed by atoms with Gasteiger partial charge in [-0.2, -0.15) is 0 Å². The van der Waals surface area contributed by atoms with E-state index in [9.17, 15) is 14.9 Å². The van der Waals surface area contributed by atoms with Gasteiger partial charge in [0.15, 0.2) is 0 Å². The molecule has 0 bridgehead atoms. The third-order valence-electron chi connectivity index (χ3n) is 2.09. The van der Waals surface area contributed by atoms with Gasteiger partial charge < -0.3 is 10.4 Å². The SMILES string of the molecule is CCC(Nc1ccccc1)=C(C(=O)O)[N+](=O)[O-]. The molecule has 0 aliphatic heterocycles. The molecule has 1 aromatic rings. The molecule has 6 heteroatoms. The number of rotatable bonds is 5. The maximum atomic E-state index is 10.8. The molecular formula is C11H12N2O4. The molecule has 0 saturated carbocycles. The fourth-order valence-corrected chi connectivity index (χ4v) is 1.33. The van der Waals surface area contributed by atoms with Gasteiger partial charge in [0.25, 0.3) is 0 Å². The highest BCUT2D eigenvalue weighted by atomic mass is 16.6. The lowest BCUT2D eigenvalue weighted by Crippen LogP contribution is -2.17. The number of nitrogens with one attached hydrogen (secondary N) is 1. The topological polar surface area (TPSA) is 92.5 Å². The minimum absolute atomic E-state index is 0.0775. The standard InChI is InChI=1S/C11H12N2O4/c1-2-9(10(11(14)15)13(16)17)12-8-6-4-3-5-7-8/h3-7,12H,2H2,1H3,(H,14,15). The number of carbonyl (C=O) groups is 1. The second-order valence-electron chi connectivity index (χ2n) is 3.23. The molecule has 2 N–H and O–H groups in total. The van der Waals surface area contributed by atoms with Crippen LogP contribution in [0.5, 0.6) is 0 Å². The molecule has 0 fully saturated rings. The number of anilines is 1. The molecule has 1 aromatic carbocycles. The van der Waals surface area contributed by atoms with Crippen LogP contribution in [0.4, 0.5) is 5.69 Å². The maximum absolute atomic E-state index is 10.8. The van der Waals surface area contributed by atoms with Crippen molar-refractivity contribution in [1.29, 1.82) is 0 Å². The Labute approximate surface area is 97.7 Å². The molecule has 0 aliphatic carbocycles. The van der Waals surface area contributed by atoms with E-state index in [1.165, 1.54) is 0 Å². The van der Waals surface area contributed by atoms with Crippen molar-refractivity contribution in [1.82, 2.24) is 0 Å². The largest absolute Gasteiger partial charge is 0.473 e. The summed E-state index contributed by atoms with van der Waals surface area (Å²) in [7, 11) is 0. The van der Waals surface area contributed by atoms with Crippen molar-refractivity contribution in [2.75, 3.05) is 5.32 Å². The number of carboxylic acid groups (broad SMARTS) is 1. The number of carboxylic acids is 1. The Bertz CT molecular complexity index is 438. The fourth-order valence-electron chi connectivity index (χ4n) is 1.33. The fraction of sp³-hybridized carbons (Fsp3) is 0.182. The molecule has 0 radical (unpaired) electrons. The van der Waals surface area contributed by atoms with Crippen molar-refractivity contribution >= 4 is 11.7 Å². The Balaban J connectivity index is 3.09. The second kappa shape index (κ2) is 5.64. The van der Waals surface area contributed by atoms with Crippen molar-refractivity contribution < 1.29 is 14.8 Å². The summed E-state index contributed by atoms with van der Waals surface area (Å²) in [6, 6.07) is 8.71. The summed E-state index contributed by atoms with van der Waals surface area (Å²) >= 11 is 0. The van der Waals surface area contributed by atoms with Crippen LogP contribution in [0.3, 0.4) is 0 Å². The normalized spacial score (nSPS) is 11.6. The lowest BCUT2D eigenvalue weighted by Gasteiger charge is -2.08. The number of hydrogen-bond donors (Lipinski definition) is 2. The molecule has 17 heavy (non-hydrogen) atoms. The Morgan fingerprint density at radius 1 is 1.41 bits per heavy atom. The zero-order valence-electron chi connectivity index (χ0n) is 9.21. The van der Waals surface area contributed by atoms with E-state index >= 15 is 0 Å². The van der Waals surface area contributed by atoms with Gasteiger partial charge in [-0.15, -0.1) is 0 Å². The van der Waals surface area contributed by atoms with Crippen LogP contribution in [-0.2, 0) is 4.79 Å². The van der Waals surface area contributed by atoms with Crippen LogP contribution in [0, 0.1) is 10.1 Å². The van der Waals surface area contributed by atoms with Crippen LogP contribution in [0.25, 0.3) is 0 Å². The number of para-hydroxylation sites is 1. The number of nitro groups is 1. The molecule has 6 nitrogen and oxygen atoms in total. The highest BCUT2D eigenvalue weighted by Gasteiger charge is 2.26. The van der Waals surface area contributed by atoms with E-state index in [0.29, 0.717) is 5.69 Å². The summed E-state index contributed by atoms with van der Waals surface area (Å²) in [5.74, 6) is -1.55. The number of allylic oxidation sites excluding steroid dienone is 1. The Morgan fingerprint density at radius 2 is 2.00 bits per heavy atom. The van der Waals surface area contributed by atoms with Gasteiger partial charge in [-0.3, -0.25) is 10.1 Å². The number of aliphatic carboxylic acids is 1. The van der Waals surface area contributed by atoms with Crippen LogP contribution in [-0.4, -0.2) is 16.0 Å². The number of nitrogens with zero attached hydrogens (tertiary/aromatic N) is 1. The van der Waals surface area contributed by atoms with E-state index in [2.05, 4.69) is 5.32 Å². The summed E-state index contributed by atoms with van der Waals surface area (Å²) in [5, 5.41) is 22.2. The van der Waals surface area contributed by atoms with Gasteiger partial charge in [-0.05, 0) is 18.6 Å². The molecule has 90 valence electrons. The van der Waals surface area contributed by atoms with Crippen molar-refractivity contribution in [3.8, 4) is 0 Å². The Hall–Kier alpha value is -2.37. The monoisotopic (exact) mass is 236 g/mol. The molecule has 0 amide bonds. The van der Waals surface area contributed by atoms with Crippen molar-refractivity contribution in [3.05, 3.63) is 51.8 Å². The van der Waals surface area contributed by atoms with E-state index in [-0.39, 0.29) is 12.1 Å². The highest BCUT2D eigenvalue weighted by molar-refractivity contribution is 5.85. The van der Waals surface area contributed by atoms with Crippen molar-refractivity contribution in [3.63, 3.8) is 0 Å². The molecule has 0 aromatic heterocycles. The van der Waals surface area contributed by atoms with Gasteiger partial charge in [0.2, 0.25) is 0 Å². The van der Waals surface area contributed by atoms with Gasteiger partial charge >= 0.3 is 11.7 Å². The van der Waals surface area contributed by atoms with Crippen molar-refractivity contribution in [2.45, 2.75) is 13.3 Å². The first kappa shape index (κ1) is 12.7. The van der Waals surface area contributed by atoms with E-state index in [4.69, 9.17) is 5.11 Å². The van der Waals surface area contributed by atoms with E-state index in [0.717, 1.165) is 0 Å². The summed E-state index contributed by atoms with van der Waals surface area (Å²) in [5.41, 5.74) is -0.130. The summed E-state index contributed by atoms with van der Waals surface area (Å²) in [6.45, 7) is 1.65. The first-order valence-corrected chi connectivity index (χ1v) is 4.99. The predicted octanol–water partition coefficient (Wildman–Crippen LogP) is 2.08. The average Bonchev–Trinajstić information content (AvgIpc) is 2.28. The summed E-state index contributed by atoms with van der Waals surface area (Å²) in [6.07, 6.45) is 0.234. The highest BCUT2D eigenvalue weighted by Crippen LogP contribution is 2.15. The Kier molecular flexibility index (Phi) is 4.21. The number of hydrogen-bond acceptors (Lipinski definition) is 4. The summed E-state index contributed by atoms with van der Waals surface area (Å²) in [4.78, 5) is 20.6. The molecule has 0 spiro atoms. The van der Waals surface area contributed by atoms with Crippen molar-refractivity contribution in [2.24, 2.45) is 0 Å². The molecule has 1 rings (SSSR count). The molecule has 0 aliphatic rings. The zero-order valence-corrected chi connectivity index (χ0v) is 9.21. The molecular weight excluding hydrogens is 224 g/mol. The lowest BCUT2D eigenvalue weighted by atomic mass is 10.2. The van der Waals surface area contributed by atoms with Gasteiger partial charge in [-0.25, -0.2) is 4.79 Å². The first-order chi connectivity index (χ1) is 8.06. The van der Waals surface area contributed by atoms with Crippen LogP contribution in [0.2, 0.25) is 0 Å². The van der Waals surface area contributed by atoms with Crippen LogP contribution < -0.4 is 5.32 Å². The van der Waals surface area contributed by atoms with Crippen LogP contribution in [0.1, 0.15) is 13.3 Å². The third kappa shape index (κ3) is 3.30. The predicted molar refractivity (Wildman–Crippen MR) is 62.0 cm³/mol. The first-order valence-electron chi connectivity index (χ1n) is 4.99. The average molecular weight is 236 g/mol. The second-order valence-corrected chi connectivity index (χ2v) is 3.23. The lowest BCUT2D eigenvalue weighted by molar-refractivity contribution is -0.422. The Morgan fingerprint density at radius 3 is 2.41 bits per heavy atom. The zero-order chi connectivity index (χ0) is 12.8. The van der Waals surface area contributed by atoms with E-state index in [1.54, 1.807) is 37.3 Å². The smallest absolute Gasteiger partial charge is 0.409 e. The number of benzene rings is 1. The van der Waals surface area contributed by atoms with Crippen LogP contribution >= 0.6 is 0 Å².